The molecule has 8 nitrogen and oxygen atoms in total. The maximum absolute atomic E-state index is 12.8. The van der Waals surface area contributed by atoms with Crippen molar-refractivity contribution in [1.29, 1.82) is 0 Å². The lowest BCUT2D eigenvalue weighted by atomic mass is 9.91. The van der Waals surface area contributed by atoms with Gasteiger partial charge in [0.1, 0.15) is 5.82 Å². The number of piperazine rings is 2. The zero-order valence-electron chi connectivity index (χ0n) is 20.3. The zero-order chi connectivity index (χ0) is 23.2. The Balaban J connectivity index is 1.17. The van der Waals surface area contributed by atoms with E-state index in [0.29, 0.717) is 24.6 Å². The van der Waals surface area contributed by atoms with Crippen molar-refractivity contribution in [2.75, 3.05) is 70.3 Å². The Morgan fingerprint density at radius 1 is 1.03 bits per heavy atom. The van der Waals surface area contributed by atoms with Crippen LogP contribution in [0, 0.1) is 5.92 Å². The van der Waals surface area contributed by atoms with Crippen molar-refractivity contribution in [3.63, 3.8) is 0 Å². The number of nitrogens with one attached hydrogen (secondary N) is 1. The van der Waals surface area contributed by atoms with Crippen molar-refractivity contribution in [3.05, 3.63) is 23.9 Å². The molecule has 0 unspecified atom stereocenters. The van der Waals surface area contributed by atoms with Crippen LogP contribution >= 0.6 is 0 Å². The molecule has 0 spiro atoms. The highest BCUT2D eigenvalue weighted by Crippen LogP contribution is 2.25. The summed E-state index contributed by atoms with van der Waals surface area (Å²) in [4.78, 5) is 38.7. The van der Waals surface area contributed by atoms with Gasteiger partial charge in [0.2, 0.25) is 5.91 Å². The second-order valence-corrected chi connectivity index (χ2v) is 10.1. The minimum Gasteiger partial charge on any atom is -0.354 e. The molecule has 1 saturated carbocycles. The molecule has 1 aliphatic carbocycles. The minimum absolute atomic E-state index is 0.0634. The van der Waals surface area contributed by atoms with Gasteiger partial charge in [0.05, 0.1) is 12.1 Å². The molecule has 33 heavy (non-hydrogen) atoms. The number of aromatic nitrogens is 1. The number of anilines is 1. The number of pyridine rings is 1. The lowest BCUT2D eigenvalue weighted by Crippen LogP contribution is -2.56. The van der Waals surface area contributed by atoms with Crippen LogP contribution < -0.4 is 10.2 Å². The SMILES string of the molecule is CC(C)CCNC(=O)c1ccc(N2CCN(CC(=O)N3CCN(C4CCC4)CC3)CC2)nc1. The molecule has 182 valence electrons. The van der Waals surface area contributed by atoms with Gasteiger partial charge in [0, 0.05) is 71.1 Å². The van der Waals surface area contributed by atoms with E-state index >= 15 is 0 Å². The van der Waals surface area contributed by atoms with Crippen LogP contribution in [-0.2, 0) is 4.79 Å². The highest BCUT2D eigenvalue weighted by atomic mass is 16.2. The molecule has 1 aromatic heterocycles. The first-order valence-corrected chi connectivity index (χ1v) is 12.7. The van der Waals surface area contributed by atoms with Crippen molar-refractivity contribution in [3.8, 4) is 0 Å². The van der Waals surface area contributed by atoms with E-state index in [-0.39, 0.29) is 11.8 Å². The van der Waals surface area contributed by atoms with Gasteiger partial charge in [-0.25, -0.2) is 4.98 Å². The standard InChI is InChI=1S/C25H40N6O2/c1-20(2)8-9-26-25(33)21-6-7-23(27-18-21)30-12-10-28(11-13-30)19-24(32)31-16-14-29(15-17-31)22-4-3-5-22/h6-7,18,20,22H,3-5,8-17,19H2,1-2H3,(H,26,33). The van der Waals surface area contributed by atoms with Crippen molar-refractivity contribution >= 4 is 17.6 Å². The van der Waals surface area contributed by atoms with Crippen LogP contribution in [0.3, 0.4) is 0 Å². The summed E-state index contributed by atoms with van der Waals surface area (Å²) in [5.41, 5.74) is 0.601. The highest BCUT2D eigenvalue weighted by Gasteiger charge is 2.30. The normalized spacial score (nSPS) is 20.7. The minimum atomic E-state index is -0.0634. The third-order valence-corrected chi connectivity index (χ3v) is 7.33. The summed E-state index contributed by atoms with van der Waals surface area (Å²) in [6.45, 7) is 12.7. The monoisotopic (exact) mass is 456 g/mol. The van der Waals surface area contributed by atoms with E-state index < -0.39 is 0 Å². The molecule has 0 radical (unpaired) electrons. The van der Waals surface area contributed by atoms with Gasteiger partial charge in [-0.3, -0.25) is 19.4 Å². The molecule has 3 fully saturated rings. The van der Waals surface area contributed by atoms with E-state index in [1.165, 1.54) is 19.3 Å². The average Bonchev–Trinajstić information content (AvgIpc) is 2.79. The van der Waals surface area contributed by atoms with E-state index in [1.807, 2.05) is 17.0 Å². The smallest absolute Gasteiger partial charge is 0.252 e. The third kappa shape index (κ3) is 6.44. The summed E-state index contributed by atoms with van der Waals surface area (Å²) < 4.78 is 0. The second-order valence-electron chi connectivity index (χ2n) is 10.1. The number of carbonyl (C=O) groups is 2. The Morgan fingerprint density at radius 3 is 2.33 bits per heavy atom. The number of hydrogen-bond acceptors (Lipinski definition) is 6. The molecule has 1 aromatic rings. The molecule has 0 aromatic carbocycles. The van der Waals surface area contributed by atoms with Gasteiger partial charge in [-0.05, 0) is 37.3 Å². The summed E-state index contributed by atoms with van der Waals surface area (Å²) in [6, 6.07) is 4.56. The maximum atomic E-state index is 12.8. The quantitative estimate of drug-likeness (QED) is 0.642. The summed E-state index contributed by atoms with van der Waals surface area (Å²) in [7, 11) is 0. The van der Waals surface area contributed by atoms with Crippen molar-refractivity contribution in [2.24, 2.45) is 5.92 Å². The average molecular weight is 457 g/mol. The van der Waals surface area contributed by atoms with Gasteiger partial charge in [0.25, 0.3) is 5.91 Å². The highest BCUT2D eigenvalue weighted by molar-refractivity contribution is 5.94. The molecule has 4 rings (SSSR count). The van der Waals surface area contributed by atoms with E-state index in [1.54, 1.807) is 6.20 Å². The predicted octanol–water partition coefficient (Wildman–Crippen LogP) is 1.68. The molecule has 1 N–H and O–H groups in total. The fourth-order valence-corrected chi connectivity index (χ4v) is 4.80. The number of nitrogens with zero attached hydrogens (tertiary/aromatic N) is 5. The Bertz CT molecular complexity index is 779. The van der Waals surface area contributed by atoms with Crippen molar-refractivity contribution in [2.45, 2.75) is 45.6 Å². The van der Waals surface area contributed by atoms with E-state index in [9.17, 15) is 9.59 Å². The Kier molecular flexibility index (Phi) is 8.20. The molecule has 8 heteroatoms. The van der Waals surface area contributed by atoms with Crippen LogP contribution in [0.5, 0.6) is 0 Å². The zero-order valence-corrected chi connectivity index (χ0v) is 20.3. The lowest BCUT2D eigenvalue weighted by Gasteiger charge is -2.43. The van der Waals surface area contributed by atoms with Crippen LogP contribution in [-0.4, -0.2) is 103 Å². The maximum Gasteiger partial charge on any atom is 0.252 e. The summed E-state index contributed by atoms with van der Waals surface area (Å²) in [5.74, 6) is 1.67. The van der Waals surface area contributed by atoms with E-state index in [2.05, 4.69) is 38.8 Å². The summed E-state index contributed by atoms with van der Waals surface area (Å²) >= 11 is 0. The van der Waals surface area contributed by atoms with Crippen molar-refractivity contribution in [1.82, 2.24) is 25.0 Å². The van der Waals surface area contributed by atoms with Gasteiger partial charge >= 0.3 is 0 Å². The second kappa shape index (κ2) is 11.3. The molecular formula is C25H40N6O2. The van der Waals surface area contributed by atoms with Crippen LogP contribution in [0.1, 0.15) is 49.9 Å². The molecule has 2 aliphatic heterocycles. The first kappa shape index (κ1) is 24.0. The summed E-state index contributed by atoms with van der Waals surface area (Å²) in [5, 5.41) is 2.96. The molecule has 0 atom stereocenters. The summed E-state index contributed by atoms with van der Waals surface area (Å²) in [6.07, 6.45) is 6.67. The van der Waals surface area contributed by atoms with E-state index in [0.717, 1.165) is 70.6 Å². The number of rotatable bonds is 8. The van der Waals surface area contributed by atoms with E-state index in [4.69, 9.17) is 0 Å². The molecule has 3 heterocycles. The fraction of sp³-hybridized carbons (Fsp3) is 0.720. The topological polar surface area (TPSA) is 72.0 Å². The molecule has 2 saturated heterocycles. The molecule has 0 bridgehead atoms. The van der Waals surface area contributed by atoms with Gasteiger partial charge in [0.15, 0.2) is 0 Å². The lowest BCUT2D eigenvalue weighted by molar-refractivity contribution is -0.134. The van der Waals surface area contributed by atoms with Crippen molar-refractivity contribution < 1.29 is 9.59 Å². The van der Waals surface area contributed by atoms with Gasteiger partial charge in [-0.15, -0.1) is 0 Å². The Hall–Kier alpha value is -2.19. The fourth-order valence-electron chi connectivity index (χ4n) is 4.80. The Morgan fingerprint density at radius 2 is 1.76 bits per heavy atom. The van der Waals surface area contributed by atoms with Crippen LogP contribution in [0.15, 0.2) is 18.3 Å². The predicted molar refractivity (Wildman–Crippen MR) is 130 cm³/mol. The van der Waals surface area contributed by atoms with Gasteiger partial charge < -0.3 is 15.1 Å². The van der Waals surface area contributed by atoms with Crippen LogP contribution in [0.2, 0.25) is 0 Å². The third-order valence-electron chi connectivity index (χ3n) is 7.33. The van der Waals surface area contributed by atoms with Crippen LogP contribution in [0.4, 0.5) is 5.82 Å². The van der Waals surface area contributed by atoms with Crippen LogP contribution in [0.25, 0.3) is 0 Å². The van der Waals surface area contributed by atoms with Gasteiger partial charge in [-0.2, -0.15) is 0 Å². The van der Waals surface area contributed by atoms with Gasteiger partial charge in [-0.1, -0.05) is 20.3 Å². The Labute approximate surface area is 198 Å². The largest absolute Gasteiger partial charge is 0.354 e. The number of hydrogen-bond donors (Lipinski definition) is 1. The first-order valence-electron chi connectivity index (χ1n) is 12.7. The molecular weight excluding hydrogens is 416 g/mol. The molecule has 2 amide bonds. The molecule has 3 aliphatic rings. The number of amides is 2. The number of carbonyl (C=O) groups excluding carboxylic acids is 2. The first-order chi connectivity index (χ1) is 16.0.